The van der Waals surface area contributed by atoms with E-state index in [1.165, 1.54) is 0 Å². The Hall–Kier alpha value is -2.56. The minimum Gasteiger partial charge on any atom is -0.462 e. The third-order valence-corrected chi connectivity index (χ3v) is 2.98. The van der Waals surface area contributed by atoms with Crippen LogP contribution in [0.1, 0.15) is 28.7 Å². The number of nitrogen functional groups attached to an aromatic ring is 1. The zero-order valence-electron chi connectivity index (χ0n) is 12.2. The Morgan fingerprint density at radius 3 is 2.76 bits per heavy atom. The fourth-order valence-corrected chi connectivity index (χ4v) is 2.02. The van der Waals surface area contributed by atoms with Gasteiger partial charge in [-0.3, -0.25) is 4.98 Å². The molecule has 21 heavy (non-hydrogen) atoms. The highest BCUT2D eigenvalue weighted by Crippen LogP contribution is 2.24. The summed E-state index contributed by atoms with van der Waals surface area (Å²) in [7, 11) is 0. The van der Waals surface area contributed by atoms with E-state index in [4.69, 9.17) is 10.5 Å². The van der Waals surface area contributed by atoms with Gasteiger partial charge < -0.3 is 15.8 Å². The SMILES string of the molecule is CCOC(=O)c1cccc(N)c1NCc1cccc(C)n1. The molecule has 0 aliphatic heterocycles. The van der Waals surface area contributed by atoms with Crippen LogP contribution in [-0.4, -0.2) is 17.6 Å². The summed E-state index contributed by atoms with van der Waals surface area (Å²) in [5.41, 5.74) is 9.31. The number of aromatic nitrogens is 1. The Labute approximate surface area is 124 Å². The monoisotopic (exact) mass is 285 g/mol. The molecule has 1 heterocycles. The second-order valence-electron chi connectivity index (χ2n) is 4.61. The number of nitrogens with zero attached hydrogens (tertiary/aromatic N) is 1. The van der Waals surface area contributed by atoms with Crippen LogP contribution in [0.2, 0.25) is 0 Å². The summed E-state index contributed by atoms with van der Waals surface area (Å²) in [5.74, 6) is -0.385. The quantitative estimate of drug-likeness (QED) is 0.652. The summed E-state index contributed by atoms with van der Waals surface area (Å²) in [4.78, 5) is 16.4. The van der Waals surface area contributed by atoms with Crippen molar-refractivity contribution in [2.45, 2.75) is 20.4 Å². The minimum atomic E-state index is -0.385. The number of para-hydroxylation sites is 1. The first-order valence-corrected chi connectivity index (χ1v) is 6.84. The normalized spacial score (nSPS) is 10.2. The maximum Gasteiger partial charge on any atom is 0.340 e. The fraction of sp³-hybridized carbons (Fsp3) is 0.250. The van der Waals surface area contributed by atoms with Crippen LogP contribution in [0, 0.1) is 6.92 Å². The van der Waals surface area contributed by atoms with Crippen LogP contribution in [0.5, 0.6) is 0 Å². The van der Waals surface area contributed by atoms with Gasteiger partial charge in [0.25, 0.3) is 0 Å². The molecule has 0 saturated carbocycles. The molecule has 0 fully saturated rings. The van der Waals surface area contributed by atoms with Gasteiger partial charge >= 0.3 is 5.97 Å². The molecule has 5 nitrogen and oxygen atoms in total. The lowest BCUT2D eigenvalue weighted by Gasteiger charge is -2.13. The van der Waals surface area contributed by atoms with Crippen molar-refractivity contribution in [3.8, 4) is 0 Å². The standard InChI is InChI=1S/C16H19N3O2/c1-3-21-16(20)13-8-5-9-14(17)15(13)18-10-12-7-4-6-11(2)19-12/h4-9,18H,3,10,17H2,1-2H3. The molecule has 2 rings (SSSR count). The molecule has 0 amide bonds. The van der Waals surface area contributed by atoms with Gasteiger partial charge in [-0.2, -0.15) is 0 Å². The van der Waals surface area contributed by atoms with Crippen molar-refractivity contribution in [3.05, 3.63) is 53.3 Å². The summed E-state index contributed by atoms with van der Waals surface area (Å²) in [6.45, 7) is 4.52. The zero-order valence-corrected chi connectivity index (χ0v) is 12.2. The van der Waals surface area contributed by atoms with Crippen molar-refractivity contribution in [3.63, 3.8) is 0 Å². The molecule has 1 aromatic heterocycles. The van der Waals surface area contributed by atoms with Gasteiger partial charge in [-0.15, -0.1) is 0 Å². The number of ether oxygens (including phenoxy) is 1. The van der Waals surface area contributed by atoms with Gasteiger partial charge in [0.15, 0.2) is 0 Å². The number of pyridine rings is 1. The van der Waals surface area contributed by atoms with Crippen molar-refractivity contribution < 1.29 is 9.53 Å². The molecule has 0 aliphatic carbocycles. The van der Waals surface area contributed by atoms with Crippen LogP contribution < -0.4 is 11.1 Å². The van der Waals surface area contributed by atoms with Crippen LogP contribution in [0.4, 0.5) is 11.4 Å². The van der Waals surface area contributed by atoms with Crippen LogP contribution >= 0.6 is 0 Å². The maximum atomic E-state index is 11.9. The van der Waals surface area contributed by atoms with E-state index in [2.05, 4.69) is 10.3 Å². The van der Waals surface area contributed by atoms with Gasteiger partial charge in [0.2, 0.25) is 0 Å². The van der Waals surface area contributed by atoms with E-state index in [-0.39, 0.29) is 5.97 Å². The van der Waals surface area contributed by atoms with E-state index in [0.29, 0.717) is 30.1 Å². The molecular weight excluding hydrogens is 266 g/mol. The number of anilines is 2. The molecule has 1 aromatic carbocycles. The van der Waals surface area contributed by atoms with Gasteiger partial charge in [-0.05, 0) is 38.1 Å². The first-order chi connectivity index (χ1) is 10.1. The number of nitrogens with one attached hydrogen (secondary N) is 1. The van der Waals surface area contributed by atoms with E-state index in [9.17, 15) is 4.79 Å². The largest absolute Gasteiger partial charge is 0.462 e. The van der Waals surface area contributed by atoms with E-state index in [0.717, 1.165) is 11.4 Å². The number of carbonyl (C=O) groups excluding carboxylic acids is 1. The molecule has 0 spiro atoms. The van der Waals surface area contributed by atoms with E-state index < -0.39 is 0 Å². The second-order valence-corrected chi connectivity index (χ2v) is 4.61. The molecule has 2 aromatic rings. The van der Waals surface area contributed by atoms with E-state index >= 15 is 0 Å². The number of hydrogen-bond donors (Lipinski definition) is 2. The third kappa shape index (κ3) is 3.72. The van der Waals surface area contributed by atoms with Crippen LogP contribution in [0.3, 0.4) is 0 Å². The molecule has 3 N–H and O–H groups in total. The summed E-state index contributed by atoms with van der Waals surface area (Å²) >= 11 is 0. The van der Waals surface area contributed by atoms with Crippen LogP contribution in [-0.2, 0) is 11.3 Å². The summed E-state index contributed by atoms with van der Waals surface area (Å²) in [5, 5.41) is 3.18. The predicted molar refractivity (Wildman–Crippen MR) is 83.1 cm³/mol. The van der Waals surface area contributed by atoms with E-state index in [1.54, 1.807) is 25.1 Å². The highest BCUT2D eigenvalue weighted by molar-refractivity contribution is 5.98. The molecule has 0 atom stereocenters. The number of aryl methyl sites for hydroxylation is 1. The number of benzene rings is 1. The molecule has 0 saturated heterocycles. The number of hydrogen-bond acceptors (Lipinski definition) is 5. The molecule has 0 radical (unpaired) electrons. The first kappa shape index (κ1) is 14.8. The Balaban J connectivity index is 2.21. The fourth-order valence-electron chi connectivity index (χ4n) is 2.02. The Morgan fingerprint density at radius 1 is 1.29 bits per heavy atom. The lowest BCUT2D eigenvalue weighted by Crippen LogP contribution is -2.12. The summed E-state index contributed by atoms with van der Waals surface area (Å²) in [6.07, 6.45) is 0. The van der Waals surface area contributed by atoms with Gasteiger partial charge in [0, 0.05) is 5.69 Å². The van der Waals surface area contributed by atoms with Crippen molar-refractivity contribution in [2.24, 2.45) is 0 Å². The van der Waals surface area contributed by atoms with Gasteiger partial charge in [-0.1, -0.05) is 12.1 Å². The van der Waals surface area contributed by atoms with E-state index in [1.807, 2.05) is 25.1 Å². The highest BCUT2D eigenvalue weighted by Gasteiger charge is 2.14. The first-order valence-electron chi connectivity index (χ1n) is 6.84. The summed E-state index contributed by atoms with van der Waals surface area (Å²) in [6, 6.07) is 11.0. The van der Waals surface area contributed by atoms with Crippen molar-refractivity contribution in [1.82, 2.24) is 4.98 Å². The number of carbonyl (C=O) groups is 1. The highest BCUT2D eigenvalue weighted by atomic mass is 16.5. The number of nitrogens with two attached hydrogens (primary N) is 1. The molecule has 5 heteroatoms. The molecule has 0 aliphatic rings. The zero-order chi connectivity index (χ0) is 15.2. The summed E-state index contributed by atoms with van der Waals surface area (Å²) < 4.78 is 5.04. The average Bonchev–Trinajstić information content (AvgIpc) is 2.46. The maximum absolute atomic E-state index is 11.9. The van der Waals surface area contributed by atoms with Gasteiger partial charge in [0.1, 0.15) is 0 Å². The second kappa shape index (κ2) is 6.74. The topological polar surface area (TPSA) is 77.2 Å². The van der Waals surface area contributed by atoms with Crippen molar-refractivity contribution in [2.75, 3.05) is 17.7 Å². The smallest absolute Gasteiger partial charge is 0.340 e. The molecular formula is C16H19N3O2. The Kier molecular flexibility index (Phi) is 4.77. The van der Waals surface area contributed by atoms with Crippen molar-refractivity contribution in [1.29, 1.82) is 0 Å². The van der Waals surface area contributed by atoms with Crippen LogP contribution in [0.25, 0.3) is 0 Å². The third-order valence-electron chi connectivity index (χ3n) is 2.98. The lowest BCUT2D eigenvalue weighted by molar-refractivity contribution is 0.0527. The van der Waals surface area contributed by atoms with Gasteiger partial charge in [-0.25, -0.2) is 4.79 Å². The Bertz CT molecular complexity index is 641. The molecule has 110 valence electrons. The minimum absolute atomic E-state index is 0.326. The van der Waals surface area contributed by atoms with Gasteiger partial charge in [0.05, 0.1) is 35.8 Å². The number of esters is 1. The predicted octanol–water partition coefficient (Wildman–Crippen LogP) is 2.76. The Morgan fingerprint density at radius 2 is 2.05 bits per heavy atom. The number of rotatable bonds is 5. The molecule has 0 unspecified atom stereocenters. The van der Waals surface area contributed by atoms with Crippen LogP contribution in [0.15, 0.2) is 36.4 Å². The molecule has 0 bridgehead atoms. The van der Waals surface area contributed by atoms with Crippen molar-refractivity contribution >= 4 is 17.3 Å². The average molecular weight is 285 g/mol. The lowest BCUT2D eigenvalue weighted by atomic mass is 10.1.